The van der Waals surface area contributed by atoms with E-state index in [0.717, 1.165) is 13.0 Å². The molecule has 1 atom stereocenters. The molecule has 3 aromatic rings. The van der Waals surface area contributed by atoms with Crippen molar-refractivity contribution in [3.63, 3.8) is 0 Å². The molecule has 0 aliphatic carbocycles. The van der Waals surface area contributed by atoms with Gasteiger partial charge in [-0.05, 0) is 29.4 Å². The molecule has 2 aliphatic heterocycles. The van der Waals surface area contributed by atoms with Gasteiger partial charge in [0.2, 0.25) is 0 Å². The normalized spacial score (nSPS) is 18.7. The van der Waals surface area contributed by atoms with Gasteiger partial charge in [-0.1, -0.05) is 44.3 Å². The van der Waals surface area contributed by atoms with E-state index >= 15 is 0 Å². The Bertz CT molecular complexity index is 1020. The van der Waals surface area contributed by atoms with Crippen LogP contribution in [0.4, 0.5) is 5.69 Å². The lowest BCUT2D eigenvalue weighted by atomic mass is 9.87. The van der Waals surface area contributed by atoms with E-state index in [1.54, 1.807) is 0 Å². The standard InChI is InChI=1S/C20H23N4/c1-11(2)14-5-6-15(12(3)4)19-17(14)18-16-13(7-8-21-18)9-23-10-22-24(19)20(16)23/h5-6,8,10-13H,7,9H2,1-4H3/q+1. The third-order valence-corrected chi connectivity index (χ3v) is 5.64. The summed E-state index contributed by atoms with van der Waals surface area (Å²) in [7, 11) is 0. The van der Waals surface area contributed by atoms with Crippen LogP contribution < -0.4 is 4.57 Å². The van der Waals surface area contributed by atoms with E-state index < -0.39 is 0 Å². The number of aliphatic imine (C=N–C) groups is 1. The lowest BCUT2D eigenvalue weighted by Gasteiger charge is -2.20. The van der Waals surface area contributed by atoms with E-state index in [-0.39, 0.29) is 0 Å². The zero-order valence-electron chi connectivity index (χ0n) is 14.7. The summed E-state index contributed by atoms with van der Waals surface area (Å²) in [5.74, 6) is 1.48. The maximum atomic E-state index is 4.90. The first-order chi connectivity index (χ1) is 11.6. The molecule has 2 aliphatic rings. The number of hydrogen-bond donors (Lipinski definition) is 0. The second-order valence-electron chi connectivity index (χ2n) is 7.80. The average molecular weight is 319 g/mol. The summed E-state index contributed by atoms with van der Waals surface area (Å²) in [5, 5.41) is 6.08. The van der Waals surface area contributed by atoms with Crippen molar-refractivity contribution < 1.29 is 4.57 Å². The van der Waals surface area contributed by atoms with Crippen molar-refractivity contribution in [2.75, 3.05) is 0 Å². The van der Waals surface area contributed by atoms with Crippen LogP contribution in [0.2, 0.25) is 0 Å². The van der Waals surface area contributed by atoms with Gasteiger partial charge in [-0.3, -0.25) is 4.99 Å². The van der Waals surface area contributed by atoms with Crippen molar-refractivity contribution in [3.05, 3.63) is 35.2 Å². The van der Waals surface area contributed by atoms with Crippen LogP contribution in [0, 0.1) is 0 Å². The number of benzene rings is 1. The van der Waals surface area contributed by atoms with E-state index in [0.29, 0.717) is 17.8 Å². The Morgan fingerprint density at radius 3 is 2.62 bits per heavy atom. The van der Waals surface area contributed by atoms with Crippen LogP contribution in [-0.2, 0) is 6.54 Å². The van der Waals surface area contributed by atoms with Crippen molar-refractivity contribution in [1.82, 2.24) is 9.61 Å². The van der Waals surface area contributed by atoms with Crippen molar-refractivity contribution in [2.45, 2.75) is 58.4 Å². The number of pyridine rings is 1. The highest BCUT2D eigenvalue weighted by molar-refractivity contribution is 6.01. The first-order valence-corrected chi connectivity index (χ1v) is 9.00. The largest absolute Gasteiger partial charge is 0.272 e. The smallest absolute Gasteiger partial charge is 0.260 e. The quantitative estimate of drug-likeness (QED) is 0.651. The van der Waals surface area contributed by atoms with Crippen LogP contribution in [-0.4, -0.2) is 15.8 Å². The molecule has 0 spiro atoms. The zero-order valence-corrected chi connectivity index (χ0v) is 14.7. The van der Waals surface area contributed by atoms with Gasteiger partial charge in [0.25, 0.3) is 12.0 Å². The molecule has 2 aromatic heterocycles. The molecule has 0 saturated heterocycles. The topological polar surface area (TPSA) is 33.5 Å². The summed E-state index contributed by atoms with van der Waals surface area (Å²) >= 11 is 0. The molecule has 5 rings (SSSR count). The van der Waals surface area contributed by atoms with E-state index in [4.69, 9.17) is 10.1 Å². The van der Waals surface area contributed by atoms with Gasteiger partial charge in [-0.25, -0.2) is 4.57 Å². The Morgan fingerprint density at radius 2 is 1.88 bits per heavy atom. The van der Waals surface area contributed by atoms with E-state index in [1.165, 1.54) is 38.9 Å². The first kappa shape index (κ1) is 14.1. The fraction of sp³-hybridized carbons (Fsp3) is 0.450. The Morgan fingerprint density at radius 1 is 1.12 bits per heavy atom. The van der Waals surface area contributed by atoms with E-state index in [9.17, 15) is 0 Å². The summed E-state index contributed by atoms with van der Waals surface area (Å²) < 4.78 is 4.50. The van der Waals surface area contributed by atoms with Crippen molar-refractivity contribution in [1.29, 1.82) is 0 Å². The second-order valence-corrected chi connectivity index (χ2v) is 7.80. The van der Waals surface area contributed by atoms with Crippen molar-refractivity contribution in [2.24, 2.45) is 4.99 Å². The number of hydrogen-bond acceptors (Lipinski definition) is 2. The Labute approximate surface area is 141 Å². The summed E-state index contributed by atoms with van der Waals surface area (Å²) in [4.78, 5) is 4.90. The fourth-order valence-electron chi connectivity index (χ4n) is 4.50. The van der Waals surface area contributed by atoms with Crippen LogP contribution in [0.5, 0.6) is 0 Å². The number of fused-ring (bicyclic) bond motifs is 3. The Kier molecular flexibility index (Phi) is 2.74. The van der Waals surface area contributed by atoms with Crippen LogP contribution >= 0.6 is 0 Å². The fourth-order valence-corrected chi connectivity index (χ4v) is 4.50. The number of rotatable bonds is 2. The molecular weight excluding hydrogens is 296 g/mol. The molecule has 4 heterocycles. The maximum Gasteiger partial charge on any atom is 0.272 e. The molecule has 4 heteroatoms. The van der Waals surface area contributed by atoms with Gasteiger partial charge in [0, 0.05) is 22.6 Å². The number of nitrogens with zero attached hydrogens (tertiary/aromatic N) is 4. The lowest BCUT2D eigenvalue weighted by molar-refractivity contribution is -0.667. The summed E-state index contributed by atoms with van der Waals surface area (Å²) in [6.45, 7) is 10.1. The summed E-state index contributed by atoms with van der Waals surface area (Å²) in [6, 6.07) is 4.60. The average Bonchev–Trinajstić information content (AvgIpc) is 3.12. The minimum atomic E-state index is 0.455. The van der Waals surface area contributed by atoms with Crippen LogP contribution in [0.1, 0.15) is 68.6 Å². The minimum absolute atomic E-state index is 0.455. The van der Waals surface area contributed by atoms with Gasteiger partial charge >= 0.3 is 0 Å². The van der Waals surface area contributed by atoms with Gasteiger partial charge in [0.1, 0.15) is 0 Å². The third-order valence-electron chi connectivity index (χ3n) is 5.64. The van der Waals surface area contributed by atoms with Crippen molar-refractivity contribution in [3.8, 4) is 0 Å². The monoisotopic (exact) mass is 319 g/mol. The van der Waals surface area contributed by atoms with Gasteiger partial charge in [-0.15, -0.1) is 0 Å². The molecule has 24 heavy (non-hydrogen) atoms. The van der Waals surface area contributed by atoms with Gasteiger partial charge in [-0.2, -0.15) is 0 Å². The molecule has 4 nitrogen and oxygen atoms in total. The Hall–Kier alpha value is -2.23. The molecule has 0 saturated carbocycles. The predicted molar refractivity (Wildman–Crippen MR) is 96.6 cm³/mol. The second kappa shape index (κ2) is 4.65. The van der Waals surface area contributed by atoms with E-state index in [2.05, 4.69) is 55.1 Å². The van der Waals surface area contributed by atoms with E-state index in [1.807, 2.05) is 6.33 Å². The summed E-state index contributed by atoms with van der Waals surface area (Å²) in [5.41, 5.74) is 7.86. The van der Waals surface area contributed by atoms with Gasteiger partial charge < -0.3 is 0 Å². The molecule has 1 aromatic carbocycles. The molecule has 0 fully saturated rings. The van der Waals surface area contributed by atoms with Crippen LogP contribution in [0.25, 0.3) is 16.6 Å². The van der Waals surface area contributed by atoms with Gasteiger partial charge in [0.15, 0.2) is 5.52 Å². The predicted octanol–water partition coefficient (Wildman–Crippen LogP) is 4.23. The summed E-state index contributed by atoms with van der Waals surface area (Å²) in [6.07, 6.45) is 5.16. The maximum absolute atomic E-state index is 4.90. The minimum Gasteiger partial charge on any atom is -0.260 e. The first-order valence-electron chi connectivity index (χ1n) is 9.00. The molecule has 0 amide bonds. The lowest BCUT2D eigenvalue weighted by Crippen LogP contribution is -2.29. The highest BCUT2D eigenvalue weighted by Crippen LogP contribution is 2.46. The molecule has 0 bridgehead atoms. The van der Waals surface area contributed by atoms with Crippen molar-refractivity contribution >= 4 is 28.5 Å². The highest BCUT2D eigenvalue weighted by atomic mass is 15.3. The highest BCUT2D eigenvalue weighted by Gasteiger charge is 2.38. The molecule has 0 radical (unpaired) electrons. The molecule has 1 unspecified atom stereocenters. The van der Waals surface area contributed by atoms with Crippen LogP contribution in [0.3, 0.4) is 0 Å². The SMILES string of the molecule is CC(C)c1ccc(C(C)C)c2c1c1c3c4n2nc[n+]4CC3CC=N1. The third kappa shape index (κ3) is 1.61. The zero-order chi connectivity index (χ0) is 16.6. The van der Waals surface area contributed by atoms with Crippen LogP contribution in [0.15, 0.2) is 23.5 Å². The molecular formula is C20H23N4+. The molecule has 122 valence electrons. The Balaban J connectivity index is 2.09. The van der Waals surface area contributed by atoms with Gasteiger partial charge in [0.05, 0.1) is 17.8 Å². The number of aromatic nitrogens is 3. The molecule has 0 N–H and O–H groups in total.